The summed E-state index contributed by atoms with van der Waals surface area (Å²) in [6.07, 6.45) is 0. The molecule has 5 nitrogen and oxygen atoms in total. The van der Waals surface area contributed by atoms with Crippen LogP contribution in [0.25, 0.3) is 0 Å². The molecule has 0 aromatic heterocycles. The molecule has 1 fully saturated rings. The SMILES string of the molecule is CCN(C)C(=O)CN1CCN(C(C)(C)C(N)=S)CC1. The topological polar surface area (TPSA) is 52.8 Å². The minimum absolute atomic E-state index is 0.185. The Hall–Kier alpha value is -0.720. The van der Waals surface area contributed by atoms with E-state index in [1.54, 1.807) is 4.90 Å². The van der Waals surface area contributed by atoms with Crippen molar-refractivity contribution in [1.29, 1.82) is 0 Å². The number of thiocarbonyl (C=S) groups is 1. The van der Waals surface area contributed by atoms with E-state index in [9.17, 15) is 4.79 Å². The predicted molar refractivity (Wildman–Crippen MR) is 82.2 cm³/mol. The van der Waals surface area contributed by atoms with E-state index < -0.39 is 0 Å². The van der Waals surface area contributed by atoms with E-state index in [1.165, 1.54) is 0 Å². The van der Waals surface area contributed by atoms with Crippen molar-refractivity contribution in [3.63, 3.8) is 0 Å². The maximum atomic E-state index is 11.9. The monoisotopic (exact) mass is 286 g/mol. The molecule has 1 rings (SSSR count). The third kappa shape index (κ3) is 4.12. The molecular formula is C13H26N4OS. The molecule has 0 saturated carbocycles. The van der Waals surface area contributed by atoms with Gasteiger partial charge in [-0.2, -0.15) is 0 Å². The van der Waals surface area contributed by atoms with Crippen LogP contribution in [0.4, 0.5) is 0 Å². The van der Waals surface area contributed by atoms with Gasteiger partial charge in [-0.25, -0.2) is 0 Å². The van der Waals surface area contributed by atoms with Gasteiger partial charge in [-0.15, -0.1) is 0 Å². The summed E-state index contributed by atoms with van der Waals surface area (Å²) in [5, 5.41) is 0. The highest BCUT2D eigenvalue weighted by molar-refractivity contribution is 7.80. The predicted octanol–water partition coefficient (Wildman–Crippen LogP) is 0.147. The van der Waals surface area contributed by atoms with Gasteiger partial charge in [-0.05, 0) is 20.8 Å². The normalized spacial score (nSPS) is 18.3. The van der Waals surface area contributed by atoms with Gasteiger partial charge < -0.3 is 10.6 Å². The lowest BCUT2D eigenvalue weighted by atomic mass is 10.0. The molecule has 0 spiro atoms. The largest absolute Gasteiger partial charge is 0.392 e. The Kier molecular flexibility index (Phi) is 5.70. The van der Waals surface area contributed by atoms with E-state index in [2.05, 4.69) is 23.6 Å². The number of rotatable bonds is 5. The van der Waals surface area contributed by atoms with Crippen molar-refractivity contribution in [2.45, 2.75) is 26.3 Å². The molecule has 110 valence electrons. The third-order valence-electron chi connectivity index (χ3n) is 4.02. The van der Waals surface area contributed by atoms with Gasteiger partial charge in [0.05, 0.1) is 17.1 Å². The van der Waals surface area contributed by atoms with E-state index in [0.29, 0.717) is 11.5 Å². The van der Waals surface area contributed by atoms with E-state index >= 15 is 0 Å². The van der Waals surface area contributed by atoms with Gasteiger partial charge in [0.25, 0.3) is 0 Å². The highest BCUT2D eigenvalue weighted by Gasteiger charge is 2.32. The fourth-order valence-electron chi connectivity index (χ4n) is 2.11. The standard InChI is InChI=1S/C13H26N4OS/c1-5-15(4)11(18)10-16-6-8-17(9-7-16)13(2,3)12(14)19/h5-10H2,1-4H3,(H2,14,19). The molecule has 2 N–H and O–H groups in total. The molecule has 1 saturated heterocycles. The summed E-state index contributed by atoms with van der Waals surface area (Å²) >= 11 is 5.12. The van der Waals surface area contributed by atoms with Crippen molar-refractivity contribution in [1.82, 2.24) is 14.7 Å². The average Bonchev–Trinajstić information content (AvgIpc) is 2.38. The summed E-state index contributed by atoms with van der Waals surface area (Å²) in [5.74, 6) is 0.185. The van der Waals surface area contributed by atoms with Crippen molar-refractivity contribution < 1.29 is 4.79 Å². The van der Waals surface area contributed by atoms with Crippen LogP contribution < -0.4 is 5.73 Å². The molecule has 1 heterocycles. The molecule has 0 unspecified atom stereocenters. The molecule has 0 aromatic carbocycles. The molecule has 0 aliphatic carbocycles. The molecule has 1 aliphatic rings. The second-order valence-corrected chi connectivity index (χ2v) is 6.03. The second kappa shape index (κ2) is 6.63. The highest BCUT2D eigenvalue weighted by Crippen LogP contribution is 2.17. The van der Waals surface area contributed by atoms with Crippen molar-refractivity contribution in [3.8, 4) is 0 Å². The van der Waals surface area contributed by atoms with Crippen LogP contribution in [0.15, 0.2) is 0 Å². The first-order chi connectivity index (χ1) is 8.78. The molecular weight excluding hydrogens is 260 g/mol. The fraction of sp³-hybridized carbons (Fsp3) is 0.846. The van der Waals surface area contributed by atoms with Crippen LogP contribution >= 0.6 is 12.2 Å². The van der Waals surface area contributed by atoms with Crippen LogP contribution in [0.2, 0.25) is 0 Å². The number of hydrogen-bond acceptors (Lipinski definition) is 4. The summed E-state index contributed by atoms with van der Waals surface area (Å²) in [6.45, 7) is 10.9. The Bertz CT molecular complexity index is 338. The number of nitrogens with two attached hydrogens (primary N) is 1. The van der Waals surface area contributed by atoms with E-state index in [-0.39, 0.29) is 11.4 Å². The Morgan fingerprint density at radius 1 is 1.32 bits per heavy atom. The van der Waals surface area contributed by atoms with Gasteiger partial charge in [0, 0.05) is 39.8 Å². The molecule has 0 atom stereocenters. The van der Waals surface area contributed by atoms with Crippen LogP contribution in [0.3, 0.4) is 0 Å². The van der Waals surface area contributed by atoms with Crippen molar-refractivity contribution in [3.05, 3.63) is 0 Å². The number of amides is 1. The molecule has 0 aromatic rings. The third-order valence-corrected chi connectivity index (χ3v) is 4.52. The Morgan fingerprint density at radius 3 is 2.26 bits per heavy atom. The number of likely N-dealkylation sites (N-methyl/N-ethyl adjacent to an activating group) is 1. The van der Waals surface area contributed by atoms with E-state index in [1.807, 2.05) is 14.0 Å². The van der Waals surface area contributed by atoms with Crippen molar-refractivity contribution in [2.75, 3.05) is 46.3 Å². The molecule has 0 bridgehead atoms. The quantitative estimate of drug-likeness (QED) is 0.729. The van der Waals surface area contributed by atoms with Gasteiger partial charge in [-0.3, -0.25) is 14.6 Å². The number of hydrogen-bond donors (Lipinski definition) is 1. The lowest BCUT2D eigenvalue weighted by Crippen LogP contribution is -2.59. The summed E-state index contributed by atoms with van der Waals surface area (Å²) in [4.78, 5) is 18.6. The molecule has 19 heavy (non-hydrogen) atoms. The maximum absolute atomic E-state index is 11.9. The van der Waals surface area contributed by atoms with Gasteiger partial charge in [0.2, 0.25) is 5.91 Å². The van der Waals surface area contributed by atoms with Crippen LogP contribution in [0, 0.1) is 0 Å². The summed E-state index contributed by atoms with van der Waals surface area (Å²) in [5.41, 5.74) is 5.55. The molecule has 6 heteroatoms. The Balaban J connectivity index is 2.45. The Morgan fingerprint density at radius 2 is 1.84 bits per heavy atom. The Labute approximate surface area is 121 Å². The summed E-state index contributed by atoms with van der Waals surface area (Å²) < 4.78 is 0. The summed E-state index contributed by atoms with van der Waals surface area (Å²) in [6, 6.07) is 0. The van der Waals surface area contributed by atoms with E-state index in [0.717, 1.165) is 32.7 Å². The van der Waals surface area contributed by atoms with Crippen LogP contribution in [-0.2, 0) is 4.79 Å². The van der Waals surface area contributed by atoms with Crippen LogP contribution in [0.5, 0.6) is 0 Å². The van der Waals surface area contributed by atoms with Gasteiger partial charge >= 0.3 is 0 Å². The lowest BCUT2D eigenvalue weighted by Gasteiger charge is -2.43. The zero-order valence-electron chi connectivity index (χ0n) is 12.5. The lowest BCUT2D eigenvalue weighted by molar-refractivity contribution is -0.131. The number of piperazine rings is 1. The van der Waals surface area contributed by atoms with Gasteiger partial charge in [-0.1, -0.05) is 12.2 Å². The fourth-order valence-corrected chi connectivity index (χ4v) is 2.24. The maximum Gasteiger partial charge on any atom is 0.236 e. The van der Waals surface area contributed by atoms with E-state index in [4.69, 9.17) is 18.0 Å². The van der Waals surface area contributed by atoms with Crippen LogP contribution in [0.1, 0.15) is 20.8 Å². The first kappa shape index (κ1) is 16.3. The summed E-state index contributed by atoms with van der Waals surface area (Å²) in [7, 11) is 1.84. The average molecular weight is 286 g/mol. The zero-order valence-corrected chi connectivity index (χ0v) is 13.3. The number of carbonyl (C=O) groups excluding carboxylic acids is 1. The first-order valence-electron chi connectivity index (χ1n) is 6.80. The molecule has 1 amide bonds. The number of carbonyl (C=O) groups is 1. The van der Waals surface area contributed by atoms with Gasteiger partial charge in [0.1, 0.15) is 0 Å². The highest BCUT2D eigenvalue weighted by atomic mass is 32.1. The van der Waals surface area contributed by atoms with Gasteiger partial charge in [0.15, 0.2) is 0 Å². The smallest absolute Gasteiger partial charge is 0.236 e. The second-order valence-electron chi connectivity index (χ2n) is 5.59. The molecule has 1 aliphatic heterocycles. The minimum Gasteiger partial charge on any atom is -0.392 e. The number of nitrogens with zero attached hydrogens (tertiary/aromatic N) is 3. The zero-order chi connectivity index (χ0) is 14.6. The molecule has 0 radical (unpaired) electrons. The van der Waals surface area contributed by atoms with Crippen molar-refractivity contribution in [2.24, 2.45) is 5.73 Å². The first-order valence-corrected chi connectivity index (χ1v) is 7.21. The van der Waals surface area contributed by atoms with Crippen LogP contribution in [-0.4, -0.2) is 77.5 Å². The van der Waals surface area contributed by atoms with Crippen molar-refractivity contribution >= 4 is 23.1 Å². The minimum atomic E-state index is -0.244.